The maximum absolute atomic E-state index is 12.6. The van der Waals surface area contributed by atoms with Crippen molar-refractivity contribution in [2.75, 3.05) is 44.2 Å². The largest absolute Gasteiger partial charge is 0.481 e. The molecule has 2 atom stereocenters. The second-order valence-electron chi connectivity index (χ2n) is 7.42. The molecule has 0 bridgehead atoms. The summed E-state index contributed by atoms with van der Waals surface area (Å²) >= 11 is 0. The van der Waals surface area contributed by atoms with E-state index in [0.29, 0.717) is 19.4 Å². The Kier molecular flexibility index (Phi) is 6.14. The number of hydrogen-bond acceptors (Lipinski definition) is 4. The molecule has 2 aliphatic heterocycles. The van der Waals surface area contributed by atoms with Crippen molar-refractivity contribution >= 4 is 17.6 Å². The van der Waals surface area contributed by atoms with Gasteiger partial charge in [-0.05, 0) is 31.9 Å². The fourth-order valence-corrected chi connectivity index (χ4v) is 3.92. The Balaban J connectivity index is 1.44. The van der Waals surface area contributed by atoms with E-state index in [0.717, 1.165) is 39.1 Å². The lowest BCUT2D eigenvalue weighted by atomic mass is 9.93. The molecule has 0 spiro atoms. The second-order valence-corrected chi connectivity index (χ2v) is 7.42. The highest BCUT2D eigenvalue weighted by atomic mass is 16.4. The maximum atomic E-state index is 12.6. The summed E-state index contributed by atoms with van der Waals surface area (Å²) in [6.45, 7) is 6.98. The molecular weight excluding hydrogens is 330 g/mol. The Morgan fingerprint density at radius 1 is 1.08 bits per heavy atom. The molecule has 0 aromatic heterocycles. The molecule has 2 fully saturated rings. The van der Waals surface area contributed by atoms with Gasteiger partial charge in [-0.1, -0.05) is 18.2 Å². The molecule has 0 saturated carbocycles. The number of benzene rings is 1. The normalized spacial score (nSPS) is 24.5. The minimum atomic E-state index is -0.785. The first-order chi connectivity index (χ1) is 12.5. The lowest BCUT2D eigenvalue weighted by Crippen LogP contribution is -2.50. The van der Waals surface area contributed by atoms with Crippen LogP contribution in [-0.4, -0.2) is 72.1 Å². The van der Waals surface area contributed by atoms with E-state index < -0.39 is 11.9 Å². The van der Waals surface area contributed by atoms with Gasteiger partial charge in [0.25, 0.3) is 0 Å². The fraction of sp³-hybridized carbons (Fsp3) is 0.600. The van der Waals surface area contributed by atoms with Crippen molar-refractivity contribution in [1.29, 1.82) is 0 Å². The van der Waals surface area contributed by atoms with Crippen molar-refractivity contribution in [2.24, 2.45) is 5.92 Å². The average molecular weight is 359 g/mol. The Morgan fingerprint density at radius 2 is 1.77 bits per heavy atom. The number of amides is 1. The standard InChI is InChI=1S/C20H29N3O3/c1-16-7-8-17(20(25)26)15-23(16)19(24)9-10-21-11-13-22(14-12-21)18-5-3-2-4-6-18/h2-6,16-17H,7-15H2,1H3,(H,25,26). The molecule has 6 nitrogen and oxygen atoms in total. The molecule has 0 aliphatic carbocycles. The van der Waals surface area contributed by atoms with Gasteiger partial charge < -0.3 is 14.9 Å². The molecule has 142 valence electrons. The summed E-state index contributed by atoms with van der Waals surface area (Å²) in [5.41, 5.74) is 1.25. The summed E-state index contributed by atoms with van der Waals surface area (Å²) in [5.74, 6) is -1.11. The summed E-state index contributed by atoms with van der Waals surface area (Å²) < 4.78 is 0. The van der Waals surface area contributed by atoms with E-state index in [4.69, 9.17) is 0 Å². The molecule has 1 amide bonds. The summed E-state index contributed by atoms with van der Waals surface area (Å²) in [5, 5.41) is 9.23. The number of para-hydroxylation sites is 1. The summed E-state index contributed by atoms with van der Waals surface area (Å²) in [6, 6.07) is 10.6. The zero-order chi connectivity index (χ0) is 18.5. The lowest BCUT2D eigenvalue weighted by Gasteiger charge is -2.38. The van der Waals surface area contributed by atoms with Crippen LogP contribution in [0.3, 0.4) is 0 Å². The number of piperazine rings is 1. The Labute approximate surface area is 155 Å². The van der Waals surface area contributed by atoms with Crippen LogP contribution in [0.25, 0.3) is 0 Å². The smallest absolute Gasteiger partial charge is 0.308 e. The van der Waals surface area contributed by atoms with Gasteiger partial charge in [0.2, 0.25) is 5.91 Å². The molecular formula is C20H29N3O3. The number of nitrogens with zero attached hydrogens (tertiary/aromatic N) is 3. The number of carbonyl (C=O) groups is 2. The number of carboxylic acid groups (broad SMARTS) is 1. The highest BCUT2D eigenvalue weighted by Crippen LogP contribution is 2.23. The third kappa shape index (κ3) is 4.55. The van der Waals surface area contributed by atoms with E-state index in [-0.39, 0.29) is 11.9 Å². The summed E-state index contributed by atoms with van der Waals surface area (Å²) in [4.78, 5) is 30.3. The lowest BCUT2D eigenvalue weighted by molar-refractivity contribution is -0.147. The predicted molar refractivity (Wildman–Crippen MR) is 101 cm³/mol. The van der Waals surface area contributed by atoms with Crippen LogP contribution in [0.2, 0.25) is 0 Å². The first kappa shape index (κ1) is 18.7. The Hall–Kier alpha value is -2.08. The molecule has 2 saturated heterocycles. The number of rotatable bonds is 5. The van der Waals surface area contributed by atoms with Gasteiger partial charge >= 0.3 is 5.97 Å². The van der Waals surface area contributed by atoms with Crippen molar-refractivity contribution in [3.05, 3.63) is 30.3 Å². The van der Waals surface area contributed by atoms with Crippen molar-refractivity contribution < 1.29 is 14.7 Å². The first-order valence-electron chi connectivity index (χ1n) is 9.59. The van der Waals surface area contributed by atoms with Crippen molar-refractivity contribution in [1.82, 2.24) is 9.80 Å². The quantitative estimate of drug-likeness (QED) is 0.870. The zero-order valence-electron chi connectivity index (χ0n) is 15.5. The van der Waals surface area contributed by atoms with Gasteiger partial charge in [0, 0.05) is 57.4 Å². The van der Waals surface area contributed by atoms with Crippen LogP contribution < -0.4 is 4.90 Å². The molecule has 2 unspecified atom stereocenters. The SMILES string of the molecule is CC1CCC(C(=O)O)CN1C(=O)CCN1CCN(c2ccccc2)CC1. The van der Waals surface area contributed by atoms with Gasteiger partial charge in [0.1, 0.15) is 0 Å². The van der Waals surface area contributed by atoms with Gasteiger partial charge in [0.05, 0.1) is 5.92 Å². The number of carboxylic acids is 1. The molecule has 1 aromatic rings. The minimum Gasteiger partial charge on any atom is -0.481 e. The average Bonchev–Trinajstić information content (AvgIpc) is 2.67. The molecule has 0 radical (unpaired) electrons. The van der Waals surface area contributed by atoms with Gasteiger partial charge in [-0.3, -0.25) is 14.5 Å². The van der Waals surface area contributed by atoms with Crippen LogP contribution in [-0.2, 0) is 9.59 Å². The van der Waals surface area contributed by atoms with Gasteiger partial charge in [-0.15, -0.1) is 0 Å². The van der Waals surface area contributed by atoms with Crippen molar-refractivity contribution in [3.63, 3.8) is 0 Å². The van der Waals surface area contributed by atoms with Crippen LogP contribution in [0.5, 0.6) is 0 Å². The van der Waals surface area contributed by atoms with Gasteiger partial charge in [-0.25, -0.2) is 0 Å². The van der Waals surface area contributed by atoms with Crippen molar-refractivity contribution in [2.45, 2.75) is 32.2 Å². The molecule has 3 rings (SSSR count). The number of carbonyl (C=O) groups excluding carboxylic acids is 1. The van der Waals surface area contributed by atoms with E-state index in [1.807, 2.05) is 13.0 Å². The number of likely N-dealkylation sites (tertiary alicyclic amines) is 1. The molecule has 6 heteroatoms. The number of piperidine rings is 1. The van der Waals surface area contributed by atoms with Gasteiger partial charge in [0.15, 0.2) is 0 Å². The molecule has 1 aromatic carbocycles. The third-order valence-electron chi connectivity index (χ3n) is 5.69. The van der Waals surface area contributed by atoms with Gasteiger partial charge in [-0.2, -0.15) is 0 Å². The second kappa shape index (κ2) is 8.54. The van der Waals surface area contributed by atoms with E-state index in [1.54, 1.807) is 4.90 Å². The van der Waals surface area contributed by atoms with Crippen LogP contribution in [0.4, 0.5) is 5.69 Å². The summed E-state index contributed by atoms with van der Waals surface area (Å²) in [7, 11) is 0. The Bertz CT molecular complexity index is 614. The van der Waals surface area contributed by atoms with E-state index >= 15 is 0 Å². The highest BCUT2D eigenvalue weighted by Gasteiger charge is 2.32. The topological polar surface area (TPSA) is 64.1 Å². The molecule has 1 N–H and O–H groups in total. The predicted octanol–water partition coefficient (Wildman–Crippen LogP) is 1.91. The first-order valence-corrected chi connectivity index (χ1v) is 9.59. The van der Waals surface area contributed by atoms with E-state index in [9.17, 15) is 14.7 Å². The van der Waals surface area contributed by atoms with Crippen molar-refractivity contribution in [3.8, 4) is 0 Å². The summed E-state index contributed by atoms with van der Waals surface area (Å²) in [6.07, 6.45) is 1.92. The van der Waals surface area contributed by atoms with E-state index in [1.165, 1.54) is 5.69 Å². The number of anilines is 1. The molecule has 26 heavy (non-hydrogen) atoms. The van der Waals surface area contributed by atoms with Crippen LogP contribution >= 0.6 is 0 Å². The highest BCUT2D eigenvalue weighted by molar-refractivity contribution is 5.78. The zero-order valence-corrected chi connectivity index (χ0v) is 15.5. The number of hydrogen-bond donors (Lipinski definition) is 1. The Morgan fingerprint density at radius 3 is 2.42 bits per heavy atom. The maximum Gasteiger partial charge on any atom is 0.308 e. The van der Waals surface area contributed by atoms with Crippen LogP contribution in [0.15, 0.2) is 30.3 Å². The monoisotopic (exact) mass is 359 g/mol. The minimum absolute atomic E-state index is 0.0916. The molecule has 2 aliphatic rings. The van der Waals surface area contributed by atoms with E-state index in [2.05, 4.69) is 34.1 Å². The van der Waals surface area contributed by atoms with Crippen LogP contribution in [0.1, 0.15) is 26.2 Å². The molecule has 2 heterocycles. The third-order valence-corrected chi connectivity index (χ3v) is 5.69. The number of aliphatic carboxylic acids is 1. The fourth-order valence-electron chi connectivity index (χ4n) is 3.92. The van der Waals surface area contributed by atoms with Crippen LogP contribution in [0, 0.1) is 5.92 Å².